The Kier molecular flexibility index (Phi) is 10.6. The van der Waals surface area contributed by atoms with Gasteiger partial charge in [-0.25, -0.2) is 0 Å². The Balaban J connectivity index is 1.94. The van der Waals surface area contributed by atoms with E-state index in [1.807, 2.05) is 84.9 Å². The van der Waals surface area contributed by atoms with E-state index < -0.39 is 23.8 Å². The summed E-state index contributed by atoms with van der Waals surface area (Å²) in [6.07, 6.45) is 1.42. The highest BCUT2D eigenvalue weighted by Gasteiger charge is 2.34. The van der Waals surface area contributed by atoms with Crippen LogP contribution in [-0.2, 0) is 27.2 Å². The van der Waals surface area contributed by atoms with Gasteiger partial charge in [-0.1, -0.05) is 84.9 Å². The van der Waals surface area contributed by atoms with Gasteiger partial charge in [-0.3, -0.25) is 19.4 Å². The molecule has 1 atom stereocenters. The Morgan fingerprint density at radius 2 is 1.28 bits per heavy atom. The normalized spacial score (nSPS) is 11.5. The zero-order valence-electron chi connectivity index (χ0n) is 21.9. The monoisotopic (exact) mass is 528 g/mol. The number of primary amides is 2. The van der Waals surface area contributed by atoms with Crippen LogP contribution in [0.1, 0.15) is 41.0 Å². The Bertz CT molecular complexity index is 1220. The van der Waals surface area contributed by atoms with E-state index in [0.717, 1.165) is 22.3 Å². The topological polar surface area (TPSA) is 171 Å². The summed E-state index contributed by atoms with van der Waals surface area (Å²) in [5, 5.41) is 0. The number of aliphatic imine (C=N–C) groups is 1. The standard InChI is InChI=1S/C30H36N6O3/c31-26(37)20-22-15-13-21(14-16-22)17-19-36(25(28(32)38)12-7-18-35-30(33)34)29(39)27(23-8-3-1-4-9-23)24-10-5-2-6-11-24/h1-6,8-11,13-16,25,27H,7,12,17-20H2,(H2,31,37)(H2,32,38)(H4,33,34,35)/t25-/m1/s1. The number of rotatable bonds is 14. The summed E-state index contributed by atoms with van der Waals surface area (Å²) >= 11 is 0. The lowest BCUT2D eigenvalue weighted by Crippen LogP contribution is -2.50. The van der Waals surface area contributed by atoms with Crippen LogP contribution in [0.15, 0.2) is 89.9 Å². The predicted molar refractivity (Wildman–Crippen MR) is 152 cm³/mol. The van der Waals surface area contributed by atoms with Crippen molar-refractivity contribution in [1.82, 2.24) is 4.90 Å². The number of nitrogens with two attached hydrogens (primary N) is 4. The molecule has 0 radical (unpaired) electrons. The number of hydrogen-bond acceptors (Lipinski definition) is 4. The first-order valence-corrected chi connectivity index (χ1v) is 12.9. The molecule has 0 fully saturated rings. The molecule has 9 heteroatoms. The number of guanidine groups is 1. The second-order valence-electron chi connectivity index (χ2n) is 9.36. The van der Waals surface area contributed by atoms with Gasteiger partial charge in [0.1, 0.15) is 6.04 Å². The van der Waals surface area contributed by atoms with Crippen molar-refractivity contribution >= 4 is 23.7 Å². The van der Waals surface area contributed by atoms with Crippen molar-refractivity contribution in [1.29, 1.82) is 0 Å². The van der Waals surface area contributed by atoms with Crippen molar-refractivity contribution in [3.05, 3.63) is 107 Å². The van der Waals surface area contributed by atoms with Crippen LogP contribution in [-0.4, -0.2) is 47.7 Å². The van der Waals surface area contributed by atoms with Gasteiger partial charge in [-0.2, -0.15) is 0 Å². The first kappa shape index (κ1) is 28.9. The molecular formula is C30H36N6O3. The molecule has 3 aromatic carbocycles. The molecule has 39 heavy (non-hydrogen) atoms. The van der Waals surface area contributed by atoms with Gasteiger partial charge >= 0.3 is 0 Å². The molecular weight excluding hydrogens is 492 g/mol. The largest absolute Gasteiger partial charge is 0.370 e. The van der Waals surface area contributed by atoms with E-state index in [9.17, 15) is 14.4 Å². The lowest BCUT2D eigenvalue weighted by molar-refractivity contribution is -0.140. The molecule has 0 aliphatic heterocycles. The Morgan fingerprint density at radius 3 is 1.77 bits per heavy atom. The fourth-order valence-corrected chi connectivity index (χ4v) is 4.57. The third kappa shape index (κ3) is 8.70. The minimum absolute atomic E-state index is 0.0356. The van der Waals surface area contributed by atoms with Crippen LogP contribution in [0.25, 0.3) is 0 Å². The number of nitrogens with zero attached hydrogens (tertiary/aromatic N) is 2. The summed E-state index contributed by atoms with van der Waals surface area (Å²) in [6, 6.07) is 25.6. The lowest BCUT2D eigenvalue weighted by Gasteiger charge is -2.33. The van der Waals surface area contributed by atoms with Gasteiger partial charge in [-0.15, -0.1) is 0 Å². The van der Waals surface area contributed by atoms with Gasteiger partial charge in [0.2, 0.25) is 17.7 Å². The molecule has 0 aliphatic carbocycles. The van der Waals surface area contributed by atoms with Crippen molar-refractivity contribution in [3.8, 4) is 0 Å². The average Bonchev–Trinajstić information content (AvgIpc) is 2.91. The van der Waals surface area contributed by atoms with Crippen LogP contribution in [0.5, 0.6) is 0 Å². The van der Waals surface area contributed by atoms with Gasteiger partial charge in [0.15, 0.2) is 5.96 Å². The van der Waals surface area contributed by atoms with Crippen LogP contribution in [0.3, 0.4) is 0 Å². The van der Waals surface area contributed by atoms with Crippen molar-refractivity contribution in [2.45, 2.75) is 37.6 Å². The molecule has 0 aromatic heterocycles. The summed E-state index contributed by atoms with van der Waals surface area (Å²) in [4.78, 5) is 43.9. The van der Waals surface area contributed by atoms with Crippen LogP contribution in [0.4, 0.5) is 0 Å². The number of amides is 3. The fourth-order valence-electron chi connectivity index (χ4n) is 4.57. The highest BCUT2D eigenvalue weighted by atomic mass is 16.2. The SMILES string of the molecule is NC(=O)Cc1ccc(CCN(C(=O)C(c2ccccc2)c2ccccc2)[C@H](CCCN=C(N)N)C(N)=O)cc1. The Morgan fingerprint density at radius 1 is 0.744 bits per heavy atom. The van der Waals surface area contributed by atoms with E-state index in [4.69, 9.17) is 22.9 Å². The van der Waals surface area contributed by atoms with Gasteiger partial charge in [0, 0.05) is 13.1 Å². The van der Waals surface area contributed by atoms with E-state index in [0.29, 0.717) is 25.8 Å². The van der Waals surface area contributed by atoms with Gasteiger partial charge in [-0.05, 0) is 41.5 Å². The van der Waals surface area contributed by atoms with Gasteiger partial charge < -0.3 is 27.8 Å². The molecule has 0 unspecified atom stereocenters. The smallest absolute Gasteiger partial charge is 0.240 e. The average molecular weight is 529 g/mol. The molecule has 204 valence electrons. The highest BCUT2D eigenvalue weighted by Crippen LogP contribution is 2.28. The van der Waals surface area contributed by atoms with Crippen LogP contribution >= 0.6 is 0 Å². The molecule has 9 nitrogen and oxygen atoms in total. The third-order valence-corrected chi connectivity index (χ3v) is 6.47. The molecule has 0 aliphatic rings. The maximum atomic E-state index is 14.3. The Hall–Kier alpha value is -4.66. The number of carbonyl (C=O) groups excluding carboxylic acids is 3. The first-order chi connectivity index (χ1) is 18.8. The van der Waals surface area contributed by atoms with Gasteiger partial charge in [0.25, 0.3) is 0 Å². The molecule has 0 bridgehead atoms. The van der Waals surface area contributed by atoms with Crippen LogP contribution in [0, 0.1) is 0 Å². The van der Waals surface area contributed by atoms with Crippen molar-refractivity contribution in [2.24, 2.45) is 27.9 Å². The zero-order chi connectivity index (χ0) is 28.2. The highest BCUT2D eigenvalue weighted by molar-refractivity contribution is 5.92. The molecule has 0 saturated heterocycles. The second-order valence-corrected chi connectivity index (χ2v) is 9.36. The van der Waals surface area contributed by atoms with Gasteiger partial charge in [0.05, 0.1) is 12.3 Å². The number of hydrogen-bond donors (Lipinski definition) is 4. The summed E-state index contributed by atoms with van der Waals surface area (Å²) in [7, 11) is 0. The van der Waals surface area contributed by atoms with Crippen molar-refractivity contribution in [3.63, 3.8) is 0 Å². The molecule has 0 heterocycles. The quantitative estimate of drug-likeness (QED) is 0.142. The van der Waals surface area contributed by atoms with Crippen LogP contribution < -0.4 is 22.9 Å². The van der Waals surface area contributed by atoms with Crippen molar-refractivity contribution in [2.75, 3.05) is 13.1 Å². The number of carbonyl (C=O) groups is 3. The molecule has 3 amide bonds. The lowest BCUT2D eigenvalue weighted by atomic mass is 9.89. The van der Waals surface area contributed by atoms with Crippen molar-refractivity contribution < 1.29 is 14.4 Å². The third-order valence-electron chi connectivity index (χ3n) is 6.47. The maximum absolute atomic E-state index is 14.3. The fraction of sp³-hybridized carbons (Fsp3) is 0.267. The summed E-state index contributed by atoms with van der Waals surface area (Å²) in [6.45, 7) is 0.580. The summed E-state index contributed by atoms with van der Waals surface area (Å²) < 4.78 is 0. The van der Waals surface area contributed by atoms with E-state index in [-0.39, 0.29) is 24.8 Å². The Labute approximate surface area is 228 Å². The molecule has 3 aromatic rings. The predicted octanol–water partition coefficient (Wildman–Crippen LogP) is 1.83. The molecule has 0 spiro atoms. The summed E-state index contributed by atoms with van der Waals surface area (Å²) in [5.74, 6) is -1.87. The molecule has 0 saturated carbocycles. The maximum Gasteiger partial charge on any atom is 0.240 e. The van der Waals surface area contributed by atoms with E-state index in [1.165, 1.54) is 0 Å². The molecule has 3 rings (SSSR count). The van der Waals surface area contributed by atoms with E-state index in [1.54, 1.807) is 4.90 Å². The first-order valence-electron chi connectivity index (χ1n) is 12.9. The zero-order valence-corrected chi connectivity index (χ0v) is 21.9. The molecule has 8 N–H and O–H groups in total. The number of benzene rings is 3. The summed E-state index contributed by atoms with van der Waals surface area (Å²) in [5.41, 5.74) is 25.4. The van der Waals surface area contributed by atoms with E-state index in [2.05, 4.69) is 4.99 Å². The minimum atomic E-state index is -0.851. The second kappa shape index (κ2) is 14.3. The van der Waals surface area contributed by atoms with E-state index >= 15 is 0 Å². The minimum Gasteiger partial charge on any atom is -0.370 e. The van der Waals surface area contributed by atoms with Crippen LogP contribution in [0.2, 0.25) is 0 Å².